The van der Waals surface area contributed by atoms with Crippen LogP contribution in [0.2, 0.25) is 0 Å². The fraction of sp³-hybridized carbons (Fsp3) is 0.375. The van der Waals surface area contributed by atoms with Crippen LogP contribution < -0.4 is 0 Å². The van der Waals surface area contributed by atoms with Crippen LogP contribution in [0.4, 0.5) is 0 Å². The number of carbonyl (C=O) groups excluding carboxylic acids is 3. The van der Waals surface area contributed by atoms with Gasteiger partial charge in [-0.2, -0.15) is 0 Å². The van der Waals surface area contributed by atoms with E-state index in [0.717, 1.165) is 16.7 Å². The summed E-state index contributed by atoms with van der Waals surface area (Å²) in [5.41, 5.74) is 2.22. The molecule has 0 bridgehead atoms. The Hall–Kier alpha value is -2.95. The SMILES string of the molecule is CCOC(=O)C[C@@H](Cc1ccc(-c2ccccc2)cc1)C(=O)C(=O)OC(C)(C)C. The van der Waals surface area contributed by atoms with Gasteiger partial charge in [0.1, 0.15) is 5.60 Å². The molecule has 0 saturated carbocycles. The Bertz CT molecular complexity index is 832. The molecule has 5 heteroatoms. The monoisotopic (exact) mass is 396 g/mol. The Morgan fingerprint density at radius 3 is 2.03 bits per heavy atom. The van der Waals surface area contributed by atoms with Crippen LogP contribution in [-0.2, 0) is 30.3 Å². The maximum atomic E-state index is 12.7. The number of ketones is 1. The molecule has 0 aliphatic heterocycles. The molecule has 0 fully saturated rings. The second kappa shape index (κ2) is 10.0. The smallest absolute Gasteiger partial charge is 0.375 e. The molecular weight excluding hydrogens is 368 g/mol. The highest BCUT2D eigenvalue weighted by Gasteiger charge is 2.32. The van der Waals surface area contributed by atoms with Gasteiger partial charge in [0.05, 0.1) is 13.0 Å². The molecule has 2 rings (SSSR count). The van der Waals surface area contributed by atoms with Gasteiger partial charge in [0, 0.05) is 5.92 Å². The highest BCUT2D eigenvalue weighted by Crippen LogP contribution is 2.22. The van der Waals surface area contributed by atoms with Crippen molar-refractivity contribution in [1.82, 2.24) is 0 Å². The lowest BCUT2D eigenvalue weighted by Crippen LogP contribution is -2.34. The standard InChI is InChI=1S/C24H28O5/c1-5-28-21(25)16-20(22(26)23(27)29-24(2,3)4)15-17-11-13-19(14-12-17)18-9-7-6-8-10-18/h6-14,20H,5,15-16H2,1-4H3/t20-/m1/s1. The summed E-state index contributed by atoms with van der Waals surface area (Å²) in [7, 11) is 0. The topological polar surface area (TPSA) is 69.7 Å². The number of ether oxygens (including phenoxy) is 2. The molecule has 0 heterocycles. The van der Waals surface area contributed by atoms with Gasteiger partial charge >= 0.3 is 11.9 Å². The summed E-state index contributed by atoms with van der Waals surface area (Å²) in [5.74, 6) is -2.96. The van der Waals surface area contributed by atoms with Crippen molar-refractivity contribution in [2.24, 2.45) is 5.92 Å². The number of hydrogen-bond donors (Lipinski definition) is 0. The van der Waals surface area contributed by atoms with Crippen LogP contribution in [0, 0.1) is 5.92 Å². The first-order valence-electron chi connectivity index (χ1n) is 9.76. The van der Waals surface area contributed by atoms with Crippen LogP contribution in [-0.4, -0.2) is 29.9 Å². The Kier molecular flexibility index (Phi) is 7.71. The van der Waals surface area contributed by atoms with E-state index in [2.05, 4.69) is 0 Å². The lowest BCUT2D eigenvalue weighted by Gasteiger charge is -2.21. The van der Waals surface area contributed by atoms with Gasteiger partial charge in [-0.1, -0.05) is 54.6 Å². The average molecular weight is 396 g/mol. The van der Waals surface area contributed by atoms with E-state index in [4.69, 9.17) is 9.47 Å². The molecule has 0 aromatic heterocycles. The first-order chi connectivity index (χ1) is 13.7. The van der Waals surface area contributed by atoms with Crippen molar-refractivity contribution in [3.05, 3.63) is 60.2 Å². The minimum Gasteiger partial charge on any atom is -0.466 e. The Labute approximate surface area is 172 Å². The van der Waals surface area contributed by atoms with Crippen molar-refractivity contribution in [2.45, 2.75) is 46.1 Å². The van der Waals surface area contributed by atoms with Crippen molar-refractivity contribution in [3.63, 3.8) is 0 Å². The van der Waals surface area contributed by atoms with E-state index in [9.17, 15) is 14.4 Å². The predicted molar refractivity (Wildman–Crippen MR) is 111 cm³/mol. The fourth-order valence-corrected chi connectivity index (χ4v) is 2.92. The van der Waals surface area contributed by atoms with Gasteiger partial charge in [-0.05, 0) is 50.8 Å². The average Bonchev–Trinajstić information content (AvgIpc) is 2.67. The van der Waals surface area contributed by atoms with Gasteiger partial charge in [0.15, 0.2) is 0 Å². The summed E-state index contributed by atoms with van der Waals surface area (Å²) in [5, 5.41) is 0. The third kappa shape index (κ3) is 7.18. The molecule has 0 aliphatic rings. The largest absolute Gasteiger partial charge is 0.466 e. The van der Waals surface area contributed by atoms with E-state index in [0.29, 0.717) is 0 Å². The molecule has 0 radical (unpaired) electrons. The zero-order valence-corrected chi connectivity index (χ0v) is 17.4. The molecule has 0 saturated heterocycles. The molecule has 5 nitrogen and oxygen atoms in total. The number of benzene rings is 2. The summed E-state index contributed by atoms with van der Waals surface area (Å²) in [6.07, 6.45) is 0.0955. The van der Waals surface area contributed by atoms with Crippen molar-refractivity contribution in [3.8, 4) is 11.1 Å². The third-order valence-electron chi connectivity index (χ3n) is 4.23. The molecule has 0 aliphatic carbocycles. The van der Waals surface area contributed by atoms with E-state index in [1.54, 1.807) is 27.7 Å². The number of carbonyl (C=O) groups is 3. The molecular formula is C24H28O5. The molecule has 0 N–H and O–H groups in total. The summed E-state index contributed by atoms with van der Waals surface area (Å²) in [6, 6.07) is 17.7. The van der Waals surface area contributed by atoms with Crippen molar-refractivity contribution >= 4 is 17.7 Å². The maximum absolute atomic E-state index is 12.7. The lowest BCUT2D eigenvalue weighted by molar-refractivity contribution is -0.164. The minimum atomic E-state index is -0.923. The Balaban J connectivity index is 2.17. The number of rotatable bonds is 8. The Morgan fingerprint density at radius 1 is 0.897 bits per heavy atom. The summed E-state index contributed by atoms with van der Waals surface area (Å²) >= 11 is 0. The van der Waals surface area contributed by atoms with Crippen LogP contribution in [0.5, 0.6) is 0 Å². The third-order valence-corrected chi connectivity index (χ3v) is 4.23. The predicted octanol–water partition coefficient (Wildman–Crippen LogP) is 4.38. The van der Waals surface area contributed by atoms with Gasteiger partial charge in [-0.15, -0.1) is 0 Å². The summed E-state index contributed by atoms with van der Waals surface area (Å²) < 4.78 is 10.2. The van der Waals surface area contributed by atoms with Crippen LogP contribution in [0.1, 0.15) is 39.7 Å². The highest BCUT2D eigenvalue weighted by atomic mass is 16.6. The maximum Gasteiger partial charge on any atom is 0.375 e. The van der Waals surface area contributed by atoms with Gasteiger partial charge in [-0.25, -0.2) is 4.79 Å². The molecule has 29 heavy (non-hydrogen) atoms. The van der Waals surface area contributed by atoms with Crippen LogP contribution in [0.15, 0.2) is 54.6 Å². The first kappa shape index (κ1) is 22.3. The summed E-state index contributed by atoms with van der Waals surface area (Å²) in [4.78, 5) is 36.9. The number of Topliss-reactive ketones (excluding diaryl/α,β-unsaturated/α-hetero) is 1. The van der Waals surface area contributed by atoms with Gasteiger partial charge in [0.2, 0.25) is 5.78 Å². The van der Waals surface area contributed by atoms with Crippen molar-refractivity contribution in [1.29, 1.82) is 0 Å². The van der Waals surface area contributed by atoms with E-state index in [1.807, 2.05) is 54.6 Å². The van der Waals surface area contributed by atoms with E-state index >= 15 is 0 Å². The van der Waals surface area contributed by atoms with Crippen LogP contribution in [0.3, 0.4) is 0 Å². The highest BCUT2D eigenvalue weighted by molar-refractivity contribution is 6.34. The molecule has 1 atom stereocenters. The second-order valence-electron chi connectivity index (χ2n) is 7.84. The van der Waals surface area contributed by atoms with Crippen molar-refractivity contribution < 1.29 is 23.9 Å². The summed E-state index contributed by atoms with van der Waals surface area (Å²) in [6.45, 7) is 7.01. The minimum absolute atomic E-state index is 0.160. The molecule has 0 spiro atoms. The van der Waals surface area contributed by atoms with E-state index in [-0.39, 0.29) is 19.4 Å². The fourth-order valence-electron chi connectivity index (χ4n) is 2.92. The van der Waals surface area contributed by atoms with Crippen molar-refractivity contribution in [2.75, 3.05) is 6.61 Å². The second-order valence-corrected chi connectivity index (χ2v) is 7.84. The molecule has 154 valence electrons. The zero-order chi connectivity index (χ0) is 21.4. The quantitative estimate of drug-likeness (QED) is 0.489. The lowest BCUT2D eigenvalue weighted by atomic mass is 9.91. The van der Waals surface area contributed by atoms with Crippen LogP contribution in [0.25, 0.3) is 11.1 Å². The number of esters is 2. The first-order valence-corrected chi connectivity index (χ1v) is 9.76. The normalized spacial score (nSPS) is 12.1. The van der Waals surface area contributed by atoms with Gasteiger partial charge in [0.25, 0.3) is 0 Å². The molecule has 0 amide bonds. The van der Waals surface area contributed by atoms with Crippen LogP contribution >= 0.6 is 0 Å². The van der Waals surface area contributed by atoms with Gasteiger partial charge in [-0.3, -0.25) is 9.59 Å². The number of hydrogen-bond acceptors (Lipinski definition) is 5. The molecule has 0 unspecified atom stereocenters. The van der Waals surface area contributed by atoms with E-state index in [1.165, 1.54) is 0 Å². The van der Waals surface area contributed by atoms with Gasteiger partial charge < -0.3 is 9.47 Å². The zero-order valence-electron chi connectivity index (χ0n) is 17.4. The Morgan fingerprint density at radius 2 is 1.48 bits per heavy atom. The van der Waals surface area contributed by atoms with E-state index < -0.39 is 29.2 Å². The molecule has 2 aromatic carbocycles. The molecule has 2 aromatic rings.